The van der Waals surface area contributed by atoms with Crippen molar-refractivity contribution in [1.82, 2.24) is 14.7 Å². The third kappa shape index (κ3) is 7.62. The topological polar surface area (TPSA) is 121 Å². The van der Waals surface area contributed by atoms with Crippen molar-refractivity contribution >= 4 is 10.0 Å². The number of aryl methyl sites for hydroxylation is 1. The highest BCUT2D eigenvalue weighted by Gasteiger charge is 2.23. The van der Waals surface area contributed by atoms with Crippen molar-refractivity contribution in [1.29, 1.82) is 0 Å². The lowest BCUT2D eigenvalue weighted by Crippen LogP contribution is -2.29. The maximum absolute atomic E-state index is 13.9. The molecule has 0 amide bonds. The summed E-state index contributed by atoms with van der Waals surface area (Å²) in [6.07, 6.45) is 4.30. The third-order valence-electron chi connectivity index (χ3n) is 5.09. The smallest absolute Gasteiger partial charge is 0.254 e. The molecule has 1 heterocycles. The number of hydrogen-bond acceptors (Lipinski definition) is 6. The van der Waals surface area contributed by atoms with Crippen molar-refractivity contribution < 1.29 is 22.7 Å². The lowest BCUT2D eigenvalue weighted by molar-refractivity contribution is 0.285. The zero-order valence-corrected chi connectivity index (χ0v) is 18.3. The Morgan fingerprint density at radius 2 is 2.06 bits per heavy atom. The van der Waals surface area contributed by atoms with Gasteiger partial charge < -0.3 is 14.8 Å². The first-order valence-corrected chi connectivity index (χ1v) is 12.1. The zero-order chi connectivity index (χ0) is 22.4. The number of nitrogens with one attached hydrogen (secondary N) is 2. The average molecular weight is 454 g/mol. The molecule has 0 unspecified atom stereocenters. The van der Waals surface area contributed by atoms with Gasteiger partial charge in [0.25, 0.3) is 5.56 Å². The summed E-state index contributed by atoms with van der Waals surface area (Å²) < 4.78 is 46.9. The second kappa shape index (κ2) is 10.2. The Balaban J connectivity index is 1.45. The van der Waals surface area contributed by atoms with Gasteiger partial charge in [-0.05, 0) is 56.2 Å². The van der Waals surface area contributed by atoms with Crippen LogP contribution in [0.2, 0.25) is 0 Å². The monoisotopic (exact) mass is 453 g/mol. The molecule has 3 N–H and O–H groups in total. The van der Waals surface area contributed by atoms with E-state index in [0.29, 0.717) is 49.6 Å². The Hall–Kier alpha value is -2.46. The molecule has 0 radical (unpaired) electrons. The van der Waals surface area contributed by atoms with E-state index in [9.17, 15) is 22.7 Å². The van der Waals surface area contributed by atoms with Crippen LogP contribution in [0.5, 0.6) is 11.6 Å². The van der Waals surface area contributed by atoms with E-state index in [-0.39, 0.29) is 17.4 Å². The lowest BCUT2D eigenvalue weighted by Gasteiger charge is -2.16. The molecule has 8 nitrogen and oxygen atoms in total. The molecule has 3 rings (SSSR count). The minimum atomic E-state index is -3.52. The van der Waals surface area contributed by atoms with E-state index in [1.54, 1.807) is 19.1 Å². The Kier molecular flexibility index (Phi) is 7.66. The molecular formula is C21H28FN3O5S. The van der Waals surface area contributed by atoms with Crippen LogP contribution in [0.4, 0.5) is 4.39 Å². The summed E-state index contributed by atoms with van der Waals surface area (Å²) in [6.45, 7) is 2.19. The fourth-order valence-electron chi connectivity index (χ4n) is 3.16. The molecule has 1 aliphatic carbocycles. The normalized spacial score (nSPS) is 15.0. The van der Waals surface area contributed by atoms with Crippen molar-refractivity contribution in [2.24, 2.45) is 5.92 Å². The van der Waals surface area contributed by atoms with Crippen molar-refractivity contribution in [3.8, 4) is 11.6 Å². The molecule has 1 aliphatic rings. The first-order chi connectivity index (χ1) is 14.7. The highest BCUT2D eigenvalue weighted by atomic mass is 32.2. The number of sulfonamides is 1. The molecule has 1 aromatic carbocycles. The van der Waals surface area contributed by atoms with Crippen LogP contribution in [0.1, 0.15) is 56.5 Å². The van der Waals surface area contributed by atoms with Gasteiger partial charge in [0.1, 0.15) is 5.82 Å². The van der Waals surface area contributed by atoms with E-state index in [2.05, 4.69) is 14.7 Å². The predicted octanol–water partition coefficient (Wildman–Crippen LogP) is 2.80. The molecule has 0 saturated heterocycles. The number of rotatable bonds is 12. The van der Waals surface area contributed by atoms with Crippen LogP contribution in [0.3, 0.4) is 0 Å². The van der Waals surface area contributed by atoms with Crippen molar-refractivity contribution in [3.05, 3.63) is 51.8 Å². The Morgan fingerprint density at radius 1 is 1.29 bits per heavy atom. The van der Waals surface area contributed by atoms with Gasteiger partial charge in [0.2, 0.25) is 15.9 Å². The van der Waals surface area contributed by atoms with Gasteiger partial charge in [-0.3, -0.25) is 4.79 Å². The minimum absolute atomic E-state index is 0.0481. The summed E-state index contributed by atoms with van der Waals surface area (Å²) in [5.74, 6) is 0.170. The van der Waals surface area contributed by atoms with Gasteiger partial charge >= 0.3 is 0 Å². The summed E-state index contributed by atoms with van der Waals surface area (Å²) in [5.41, 5.74) is 0.208. The average Bonchev–Trinajstić information content (AvgIpc) is 3.50. The van der Waals surface area contributed by atoms with Gasteiger partial charge in [-0.15, -0.1) is 0 Å². The first-order valence-electron chi connectivity index (χ1n) is 10.4. The lowest BCUT2D eigenvalue weighted by atomic mass is 10.1. The maximum Gasteiger partial charge on any atom is 0.254 e. The largest absolute Gasteiger partial charge is 0.493 e. The summed E-state index contributed by atoms with van der Waals surface area (Å²) >= 11 is 0. The van der Waals surface area contributed by atoms with E-state index in [0.717, 1.165) is 18.9 Å². The van der Waals surface area contributed by atoms with E-state index < -0.39 is 27.4 Å². The van der Waals surface area contributed by atoms with Gasteiger partial charge in [-0.1, -0.05) is 12.5 Å². The summed E-state index contributed by atoms with van der Waals surface area (Å²) in [7, 11) is -3.52. The molecule has 1 saturated carbocycles. The number of hydrogen-bond donors (Lipinski definition) is 3. The molecule has 1 fully saturated rings. The highest BCUT2D eigenvalue weighted by Crippen LogP contribution is 2.31. The second-order valence-electron chi connectivity index (χ2n) is 7.96. The third-order valence-corrected chi connectivity index (χ3v) is 6.63. The summed E-state index contributed by atoms with van der Waals surface area (Å²) in [5, 5.41) is 9.32. The van der Waals surface area contributed by atoms with E-state index in [1.807, 2.05) is 0 Å². The predicted molar refractivity (Wildman–Crippen MR) is 114 cm³/mol. The fraction of sp³-hybridized carbons (Fsp3) is 0.524. The molecule has 0 bridgehead atoms. The molecule has 10 heteroatoms. The van der Waals surface area contributed by atoms with Crippen LogP contribution < -0.4 is 15.0 Å². The van der Waals surface area contributed by atoms with E-state index in [4.69, 9.17) is 4.74 Å². The Morgan fingerprint density at radius 3 is 2.77 bits per heavy atom. The maximum atomic E-state index is 13.9. The van der Waals surface area contributed by atoms with E-state index >= 15 is 0 Å². The molecule has 31 heavy (non-hydrogen) atoms. The Bertz CT molecular complexity index is 1050. The van der Waals surface area contributed by atoms with Crippen LogP contribution in [0.15, 0.2) is 29.1 Å². The number of nitrogens with zero attached hydrogens (tertiary/aromatic N) is 1. The highest BCUT2D eigenvalue weighted by molar-refractivity contribution is 7.89. The number of ether oxygens (including phenoxy) is 1. The molecular weight excluding hydrogens is 425 g/mol. The number of aromatic amines is 1. The molecule has 0 aliphatic heterocycles. The number of aromatic nitrogens is 2. The number of aromatic hydroxyl groups is 1. The van der Waals surface area contributed by atoms with Gasteiger partial charge in [0.15, 0.2) is 11.6 Å². The molecule has 1 aromatic heterocycles. The number of benzene rings is 1. The second-order valence-corrected chi connectivity index (χ2v) is 9.84. The van der Waals surface area contributed by atoms with Crippen molar-refractivity contribution in [2.75, 3.05) is 12.4 Å². The van der Waals surface area contributed by atoms with Crippen LogP contribution in [0, 0.1) is 11.7 Å². The minimum Gasteiger partial charge on any atom is -0.493 e. The van der Waals surface area contributed by atoms with Crippen LogP contribution >= 0.6 is 0 Å². The Labute approximate surface area is 180 Å². The quantitative estimate of drug-likeness (QED) is 0.425. The standard InChI is InChI=1S/C21H28FN3O5S/c1-14(16-8-9-17(22)18(11-16)30-13-15-6-7-15)25-31(28,29)10-4-2-3-5-19-23-20(26)12-21(27)24-19/h8-9,11-12,14-15,25H,2-7,10,13H2,1H3,(H2,23,24,26,27)/t14-/m1/s1. The van der Waals surface area contributed by atoms with Gasteiger partial charge in [0, 0.05) is 12.5 Å². The molecule has 2 aromatic rings. The number of halogens is 1. The molecule has 170 valence electrons. The van der Waals surface area contributed by atoms with Gasteiger partial charge in [0.05, 0.1) is 18.4 Å². The van der Waals surface area contributed by atoms with Crippen molar-refractivity contribution in [3.63, 3.8) is 0 Å². The summed E-state index contributed by atoms with van der Waals surface area (Å²) in [4.78, 5) is 17.6. The van der Waals surface area contributed by atoms with Crippen molar-refractivity contribution in [2.45, 2.75) is 51.5 Å². The fourth-order valence-corrected chi connectivity index (χ4v) is 4.54. The molecule has 1 atom stereocenters. The number of unbranched alkanes of at least 4 members (excludes halogenated alkanes) is 2. The SMILES string of the molecule is C[C@@H](NS(=O)(=O)CCCCCc1nc(O)cc(=O)[nH]1)c1ccc(F)c(OCC2CC2)c1. The number of H-pyrrole nitrogens is 1. The van der Waals surface area contributed by atoms with Crippen LogP contribution in [0.25, 0.3) is 0 Å². The van der Waals surface area contributed by atoms with Crippen LogP contribution in [-0.4, -0.2) is 35.9 Å². The van der Waals surface area contributed by atoms with E-state index in [1.165, 1.54) is 6.07 Å². The zero-order valence-electron chi connectivity index (χ0n) is 17.4. The van der Waals surface area contributed by atoms with Gasteiger partial charge in [-0.2, -0.15) is 0 Å². The molecule has 0 spiro atoms. The van der Waals surface area contributed by atoms with Crippen LogP contribution in [-0.2, 0) is 16.4 Å². The first kappa shape index (κ1) is 23.2. The van der Waals surface area contributed by atoms with Gasteiger partial charge in [-0.25, -0.2) is 22.5 Å². The summed E-state index contributed by atoms with van der Waals surface area (Å²) in [6, 6.07) is 4.87.